The lowest BCUT2D eigenvalue weighted by molar-refractivity contribution is -0.399. The molecule has 0 aromatic rings. The van der Waals surface area contributed by atoms with Crippen LogP contribution in [0.25, 0.3) is 0 Å². The SMILES string of the molecule is OC[C@H]1O[C@H](OC[C@@H]2O[C@@H]3O[C@H]4[C@H](O)[C@@H](O)[C@@H](O[C@H]5[C@H](O)[C@@H](O)[C@@H](O[C@H]6[C@H](O)[C@@H](O)[C@@H](O[C@H]7[C@H](O)[C@@H](O)[C@@H](O[C@H]8[C@H](O)[C@@H](O)[C@@H](O[C@H]9[C@H](O)[C@@H](O)[C@@H](O[C@H]2[C@H](O)[C@H]3O)O[C@@H]9CO)O[C@@H]8CO)O[C@@H]7CO)O[C@@H]6CO)O[C@@H]5CO)O[C@@H]4CO)[C@H](O)[C@@H](O)[C@@H]1O. The molecular weight excluding hydrogens is 1220 g/mol. The standard InChI is InChI=1S/C48H80O40/c49-1-9-17(56)18(57)26(65)41(74-9)73-8-16-40-25(64)33(72)48(81-16)87-39-15(7-55)79-46(31(70)23(39)62)85-37-13(5-53)77-44(29(68)21(37)60)83-35-11(3-51)75-42(27(66)19(35)58)82-34-10(2-50)76-43(28(67)20(34)59)84-36-12(4-52)78-45(30(69)22(36)61)86-38-14(6-54)80-47(88-40)32(71)24(38)63/h9-72H,1-8H2/t9-,10-,11-,12-,13-,14-,15-,16+,17-,18+,19-,20-,21-,22-,23-,24-,25-,26-,27-,28-,29-,30-,31-,32-,33-,34-,35-,36-,37-,38-,39-,40-,41+,42-,43-,44-,45-,46-,47-,48-/m1/s1. The van der Waals surface area contributed by atoms with E-state index in [0.717, 1.165) is 0 Å². The lowest BCUT2D eigenvalue weighted by Crippen LogP contribution is -2.68. The van der Waals surface area contributed by atoms with Crippen LogP contribution in [-0.4, -0.2) is 421 Å². The van der Waals surface area contributed by atoms with Crippen LogP contribution >= 0.6 is 0 Å². The summed E-state index contributed by atoms with van der Waals surface area (Å²) in [5.74, 6) is 0. The molecule has 0 spiro atoms. The summed E-state index contributed by atoms with van der Waals surface area (Å²) in [7, 11) is 0. The molecule has 22 aliphatic rings. The van der Waals surface area contributed by atoms with E-state index < -0.39 is 299 Å². The van der Waals surface area contributed by atoms with E-state index in [1.54, 1.807) is 0 Å². The Balaban J connectivity index is 1.02. The quantitative estimate of drug-likeness (QED) is 0.0966. The summed E-state index contributed by atoms with van der Waals surface area (Å²) in [5, 5.41) is 265. The van der Waals surface area contributed by atoms with Crippen LogP contribution in [0.15, 0.2) is 0 Å². The third-order valence-electron chi connectivity index (χ3n) is 16.9. The lowest BCUT2D eigenvalue weighted by atomic mass is 9.95. The van der Waals surface area contributed by atoms with Crippen molar-refractivity contribution in [3.8, 4) is 0 Å². The van der Waals surface area contributed by atoms with Crippen LogP contribution in [0.3, 0.4) is 0 Å². The fourth-order valence-corrected chi connectivity index (χ4v) is 11.8. The average Bonchev–Trinajstić information content (AvgIpc) is 2.18. The molecular formula is C48H80O40. The molecule has 88 heavy (non-hydrogen) atoms. The van der Waals surface area contributed by atoms with Gasteiger partial charge in [-0.1, -0.05) is 0 Å². The smallest absolute Gasteiger partial charge is 0.187 e. The van der Waals surface area contributed by atoms with Gasteiger partial charge in [0.05, 0.1) is 52.9 Å². The number of aliphatic hydroxyl groups excluding tert-OH is 24. The number of hydrogen-bond donors (Lipinski definition) is 24. The zero-order valence-electron chi connectivity index (χ0n) is 46.0. The van der Waals surface area contributed by atoms with Crippen molar-refractivity contribution in [2.75, 3.05) is 52.9 Å². The van der Waals surface area contributed by atoms with E-state index in [1.807, 2.05) is 0 Å². The van der Waals surface area contributed by atoms with E-state index in [2.05, 4.69) is 0 Å². The first kappa shape index (κ1) is 70.7. The largest absolute Gasteiger partial charge is 0.394 e. The predicted molar refractivity (Wildman–Crippen MR) is 261 cm³/mol. The minimum Gasteiger partial charge on any atom is -0.394 e. The highest BCUT2D eigenvalue weighted by Gasteiger charge is 2.60. The van der Waals surface area contributed by atoms with Crippen molar-refractivity contribution >= 4 is 0 Å². The van der Waals surface area contributed by atoms with Gasteiger partial charge in [-0.3, -0.25) is 0 Å². The molecule has 0 radical (unpaired) electrons. The molecule has 24 N–H and O–H groups in total. The molecule has 0 amide bonds. The third kappa shape index (κ3) is 13.9. The van der Waals surface area contributed by atoms with Gasteiger partial charge < -0.3 is 198 Å². The van der Waals surface area contributed by atoms with Gasteiger partial charge in [0.15, 0.2) is 50.3 Å². The Morgan fingerprint density at radius 3 is 0.580 bits per heavy atom. The van der Waals surface area contributed by atoms with Crippen LogP contribution in [0.1, 0.15) is 0 Å². The summed E-state index contributed by atoms with van der Waals surface area (Å²) >= 11 is 0. The first-order chi connectivity index (χ1) is 41.9. The Morgan fingerprint density at radius 1 is 0.182 bits per heavy atom. The Labute approximate surface area is 496 Å². The van der Waals surface area contributed by atoms with Crippen LogP contribution in [0.4, 0.5) is 0 Å². The van der Waals surface area contributed by atoms with Crippen LogP contribution in [0.5, 0.6) is 0 Å². The maximum Gasteiger partial charge on any atom is 0.187 e. The second-order valence-corrected chi connectivity index (χ2v) is 22.5. The highest BCUT2D eigenvalue weighted by atomic mass is 16.8. The first-order valence-corrected chi connectivity index (χ1v) is 28.1. The fourth-order valence-electron chi connectivity index (χ4n) is 11.8. The molecule has 14 bridgehead atoms. The minimum absolute atomic E-state index is 0.919. The van der Waals surface area contributed by atoms with E-state index in [9.17, 15) is 123 Å². The summed E-state index contributed by atoms with van der Waals surface area (Å²) < 4.78 is 91.6. The van der Waals surface area contributed by atoms with Gasteiger partial charge >= 0.3 is 0 Å². The van der Waals surface area contributed by atoms with Crippen LogP contribution in [0.2, 0.25) is 0 Å². The van der Waals surface area contributed by atoms with Gasteiger partial charge in [-0.25, -0.2) is 0 Å². The van der Waals surface area contributed by atoms with Crippen molar-refractivity contribution in [2.45, 2.75) is 246 Å². The summed E-state index contributed by atoms with van der Waals surface area (Å²) in [6, 6.07) is 0. The van der Waals surface area contributed by atoms with E-state index in [1.165, 1.54) is 0 Å². The molecule has 0 unspecified atom stereocenters. The number of ether oxygens (including phenoxy) is 16. The summed E-state index contributed by atoms with van der Waals surface area (Å²) in [4.78, 5) is 0. The van der Waals surface area contributed by atoms with E-state index in [4.69, 9.17) is 75.8 Å². The second-order valence-electron chi connectivity index (χ2n) is 22.5. The van der Waals surface area contributed by atoms with Gasteiger partial charge in [-0.15, -0.1) is 0 Å². The van der Waals surface area contributed by atoms with Crippen molar-refractivity contribution in [1.29, 1.82) is 0 Å². The Hall–Kier alpha value is -1.60. The maximum atomic E-state index is 11.8. The summed E-state index contributed by atoms with van der Waals surface area (Å²) in [5.41, 5.74) is 0. The fraction of sp³-hybridized carbons (Fsp3) is 1.00. The van der Waals surface area contributed by atoms with Crippen molar-refractivity contribution in [3.05, 3.63) is 0 Å². The molecule has 0 saturated carbocycles. The highest BCUT2D eigenvalue weighted by molar-refractivity contribution is 5.02. The van der Waals surface area contributed by atoms with Crippen LogP contribution in [0, 0.1) is 0 Å². The topological polar surface area (TPSA) is 633 Å². The minimum atomic E-state index is -2.35. The molecule has 0 aromatic carbocycles. The second kappa shape index (κ2) is 30.0. The number of aliphatic hydroxyl groups is 24. The highest BCUT2D eigenvalue weighted by Crippen LogP contribution is 2.39. The zero-order chi connectivity index (χ0) is 64.1. The van der Waals surface area contributed by atoms with E-state index in [-0.39, 0.29) is 0 Å². The lowest BCUT2D eigenvalue weighted by Gasteiger charge is -2.50. The van der Waals surface area contributed by atoms with Crippen LogP contribution in [-0.2, 0) is 75.8 Å². The molecule has 22 saturated heterocycles. The Bertz CT molecular complexity index is 2130. The van der Waals surface area contributed by atoms with Crippen molar-refractivity contribution in [2.24, 2.45) is 0 Å². The molecule has 40 nitrogen and oxygen atoms in total. The molecule has 0 aromatic heterocycles. The third-order valence-corrected chi connectivity index (χ3v) is 16.9. The van der Waals surface area contributed by atoms with E-state index >= 15 is 0 Å². The monoisotopic (exact) mass is 1300 g/mol. The molecule has 22 heterocycles. The van der Waals surface area contributed by atoms with E-state index in [0.29, 0.717) is 0 Å². The van der Waals surface area contributed by atoms with Gasteiger partial charge in [0.2, 0.25) is 0 Å². The molecule has 22 aliphatic heterocycles. The van der Waals surface area contributed by atoms with Gasteiger partial charge in [0, 0.05) is 0 Å². The van der Waals surface area contributed by atoms with Crippen molar-refractivity contribution in [3.63, 3.8) is 0 Å². The summed E-state index contributed by atoms with van der Waals surface area (Å²) in [6.45, 7) is -8.51. The predicted octanol–water partition coefficient (Wildman–Crippen LogP) is -17.4. The normalized spacial score (nSPS) is 55.2. The molecule has 40 heteroatoms. The van der Waals surface area contributed by atoms with Gasteiger partial charge in [-0.05, 0) is 0 Å². The van der Waals surface area contributed by atoms with Gasteiger partial charge in [0.1, 0.15) is 195 Å². The molecule has 22 fully saturated rings. The Morgan fingerprint density at radius 2 is 0.375 bits per heavy atom. The maximum absolute atomic E-state index is 11.8. The number of hydrogen-bond acceptors (Lipinski definition) is 40. The first-order valence-electron chi connectivity index (χ1n) is 28.1. The van der Waals surface area contributed by atoms with Crippen molar-refractivity contribution < 1.29 is 198 Å². The van der Waals surface area contributed by atoms with Gasteiger partial charge in [-0.2, -0.15) is 0 Å². The van der Waals surface area contributed by atoms with Gasteiger partial charge in [0.25, 0.3) is 0 Å². The Kier molecular flexibility index (Phi) is 24.1. The number of rotatable bonds is 10. The summed E-state index contributed by atoms with van der Waals surface area (Å²) in [6.07, 6.45) is -82.6. The molecule has 22 rings (SSSR count). The molecule has 40 atom stereocenters. The average molecular weight is 1300 g/mol. The molecule has 512 valence electrons. The van der Waals surface area contributed by atoms with Crippen LogP contribution < -0.4 is 0 Å². The molecule has 0 aliphatic carbocycles. The van der Waals surface area contributed by atoms with Crippen molar-refractivity contribution in [1.82, 2.24) is 0 Å². The zero-order valence-corrected chi connectivity index (χ0v) is 46.0.